The molecule has 1 heterocycles. The highest BCUT2D eigenvalue weighted by atomic mass is 16.5. The zero-order valence-electron chi connectivity index (χ0n) is 11.5. The van der Waals surface area contributed by atoms with E-state index in [-0.39, 0.29) is 25.0 Å². The molecule has 1 aromatic carbocycles. The fourth-order valence-electron chi connectivity index (χ4n) is 1.78. The molecular formula is C13H18N4O3. The molecule has 4 N–H and O–H groups in total. The van der Waals surface area contributed by atoms with Crippen LogP contribution in [-0.4, -0.2) is 43.5 Å². The van der Waals surface area contributed by atoms with Gasteiger partial charge in [-0.15, -0.1) is 0 Å². The average Bonchev–Trinajstić information content (AvgIpc) is 2.44. The highest BCUT2D eigenvalue weighted by Crippen LogP contribution is 2.34. The van der Waals surface area contributed by atoms with Crippen molar-refractivity contribution < 1.29 is 14.3 Å². The lowest BCUT2D eigenvalue weighted by molar-refractivity contribution is -0.127. The molecule has 7 heteroatoms. The van der Waals surface area contributed by atoms with E-state index in [0.717, 1.165) is 0 Å². The number of nitrogen functional groups attached to an aromatic ring is 1. The molecule has 20 heavy (non-hydrogen) atoms. The van der Waals surface area contributed by atoms with Gasteiger partial charge in [0, 0.05) is 19.7 Å². The van der Waals surface area contributed by atoms with E-state index in [9.17, 15) is 9.59 Å². The Hall–Kier alpha value is -2.44. The van der Waals surface area contributed by atoms with Crippen LogP contribution in [0.25, 0.3) is 0 Å². The quantitative estimate of drug-likeness (QED) is 0.696. The normalized spacial score (nSPS) is 13.0. The Morgan fingerprint density at radius 1 is 1.55 bits per heavy atom. The molecule has 0 radical (unpaired) electrons. The molecule has 2 rings (SSSR count). The molecule has 1 aromatic rings. The van der Waals surface area contributed by atoms with Crippen molar-refractivity contribution in [1.82, 2.24) is 4.90 Å². The third-order valence-corrected chi connectivity index (χ3v) is 3.11. The number of carbonyl (C=O) groups is 2. The summed E-state index contributed by atoms with van der Waals surface area (Å²) in [6.07, 6.45) is 0. The van der Waals surface area contributed by atoms with Crippen LogP contribution in [0.2, 0.25) is 0 Å². The maximum Gasteiger partial charge on any atom is 0.262 e. The van der Waals surface area contributed by atoms with Crippen molar-refractivity contribution in [2.75, 3.05) is 43.1 Å². The number of benzene rings is 1. The SMILES string of the molecule is CCN(C)C(=O)CNc1cc2c(cc1N)OCC(=O)N2. The second kappa shape index (κ2) is 5.68. The van der Waals surface area contributed by atoms with Crippen LogP contribution < -0.4 is 21.1 Å². The van der Waals surface area contributed by atoms with Gasteiger partial charge in [0.2, 0.25) is 5.91 Å². The van der Waals surface area contributed by atoms with Gasteiger partial charge in [-0.3, -0.25) is 9.59 Å². The maximum atomic E-state index is 11.7. The monoisotopic (exact) mass is 278 g/mol. The number of fused-ring (bicyclic) bond motifs is 1. The Kier molecular flexibility index (Phi) is 3.97. The van der Waals surface area contributed by atoms with Crippen molar-refractivity contribution in [3.05, 3.63) is 12.1 Å². The number of anilines is 3. The van der Waals surface area contributed by atoms with Gasteiger partial charge in [-0.1, -0.05) is 0 Å². The van der Waals surface area contributed by atoms with E-state index in [1.54, 1.807) is 24.1 Å². The molecule has 0 bridgehead atoms. The lowest BCUT2D eigenvalue weighted by Gasteiger charge is -2.21. The van der Waals surface area contributed by atoms with Crippen LogP contribution in [0.15, 0.2) is 12.1 Å². The van der Waals surface area contributed by atoms with Crippen LogP contribution in [0.1, 0.15) is 6.92 Å². The maximum absolute atomic E-state index is 11.7. The lowest BCUT2D eigenvalue weighted by atomic mass is 10.2. The van der Waals surface area contributed by atoms with Crippen molar-refractivity contribution in [3.8, 4) is 5.75 Å². The summed E-state index contributed by atoms with van der Waals surface area (Å²) in [4.78, 5) is 24.6. The van der Waals surface area contributed by atoms with E-state index in [0.29, 0.717) is 29.4 Å². The van der Waals surface area contributed by atoms with Gasteiger partial charge in [0.1, 0.15) is 5.75 Å². The van der Waals surface area contributed by atoms with Gasteiger partial charge in [-0.05, 0) is 13.0 Å². The number of hydrogen-bond acceptors (Lipinski definition) is 5. The molecule has 0 spiro atoms. The summed E-state index contributed by atoms with van der Waals surface area (Å²) in [5.74, 6) is 0.282. The number of hydrogen-bond donors (Lipinski definition) is 3. The second-order valence-corrected chi connectivity index (χ2v) is 4.53. The number of likely N-dealkylation sites (N-methyl/N-ethyl adjacent to an activating group) is 1. The molecule has 7 nitrogen and oxygen atoms in total. The Balaban J connectivity index is 2.11. The second-order valence-electron chi connectivity index (χ2n) is 4.53. The molecular weight excluding hydrogens is 260 g/mol. The first-order valence-electron chi connectivity index (χ1n) is 6.35. The van der Waals surface area contributed by atoms with E-state index in [1.807, 2.05) is 6.92 Å². The minimum absolute atomic E-state index is 0.0149. The Morgan fingerprint density at radius 3 is 3.00 bits per heavy atom. The third-order valence-electron chi connectivity index (χ3n) is 3.11. The van der Waals surface area contributed by atoms with Crippen LogP contribution in [-0.2, 0) is 9.59 Å². The first-order chi connectivity index (χ1) is 9.51. The molecule has 0 aliphatic carbocycles. The fourth-order valence-corrected chi connectivity index (χ4v) is 1.78. The molecule has 0 unspecified atom stereocenters. The number of amides is 2. The predicted octanol–water partition coefficient (Wildman–Crippen LogP) is 0.490. The van der Waals surface area contributed by atoms with Crippen molar-refractivity contribution in [1.29, 1.82) is 0 Å². The minimum atomic E-state index is -0.213. The summed E-state index contributed by atoms with van der Waals surface area (Å²) >= 11 is 0. The van der Waals surface area contributed by atoms with Crippen LogP contribution in [0.3, 0.4) is 0 Å². The number of ether oxygens (including phenoxy) is 1. The zero-order valence-corrected chi connectivity index (χ0v) is 11.5. The van der Waals surface area contributed by atoms with Crippen molar-refractivity contribution in [3.63, 3.8) is 0 Å². The minimum Gasteiger partial charge on any atom is -0.482 e. The van der Waals surface area contributed by atoms with E-state index in [4.69, 9.17) is 10.5 Å². The van der Waals surface area contributed by atoms with Gasteiger partial charge in [-0.25, -0.2) is 0 Å². The van der Waals surface area contributed by atoms with Crippen LogP contribution in [0.5, 0.6) is 5.75 Å². The number of rotatable bonds is 4. The van der Waals surface area contributed by atoms with E-state index in [2.05, 4.69) is 10.6 Å². The van der Waals surface area contributed by atoms with Gasteiger partial charge in [0.05, 0.1) is 23.6 Å². The highest BCUT2D eigenvalue weighted by molar-refractivity contribution is 5.97. The van der Waals surface area contributed by atoms with Crippen molar-refractivity contribution in [2.45, 2.75) is 6.92 Å². The standard InChI is InChI=1S/C13H18N4O3/c1-3-17(2)13(19)6-15-9-5-10-11(4-8(9)14)20-7-12(18)16-10/h4-5,15H,3,6-7,14H2,1-2H3,(H,16,18). The van der Waals surface area contributed by atoms with Crippen molar-refractivity contribution in [2.24, 2.45) is 0 Å². The topological polar surface area (TPSA) is 96.7 Å². The average molecular weight is 278 g/mol. The Morgan fingerprint density at radius 2 is 2.30 bits per heavy atom. The molecule has 0 atom stereocenters. The molecule has 108 valence electrons. The van der Waals surface area contributed by atoms with Gasteiger partial charge in [-0.2, -0.15) is 0 Å². The smallest absolute Gasteiger partial charge is 0.262 e. The van der Waals surface area contributed by atoms with Crippen LogP contribution >= 0.6 is 0 Å². The molecule has 0 saturated carbocycles. The molecule has 2 amide bonds. The number of carbonyl (C=O) groups excluding carboxylic acids is 2. The first kappa shape index (κ1) is 14.0. The van der Waals surface area contributed by atoms with Gasteiger partial charge in [0.15, 0.2) is 6.61 Å². The van der Waals surface area contributed by atoms with Gasteiger partial charge in [0.25, 0.3) is 5.91 Å². The number of nitrogens with two attached hydrogens (primary N) is 1. The summed E-state index contributed by atoms with van der Waals surface area (Å²) in [5, 5.41) is 5.66. The number of nitrogens with one attached hydrogen (secondary N) is 2. The largest absolute Gasteiger partial charge is 0.482 e. The van der Waals surface area contributed by atoms with E-state index >= 15 is 0 Å². The summed E-state index contributed by atoms with van der Waals surface area (Å²) in [6, 6.07) is 3.30. The predicted molar refractivity (Wildman–Crippen MR) is 76.8 cm³/mol. The fraction of sp³-hybridized carbons (Fsp3) is 0.385. The third kappa shape index (κ3) is 2.93. The van der Waals surface area contributed by atoms with Gasteiger partial charge < -0.3 is 26.0 Å². The van der Waals surface area contributed by atoms with E-state index < -0.39 is 0 Å². The number of nitrogens with zero attached hydrogens (tertiary/aromatic N) is 1. The molecule has 1 aliphatic rings. The van der Waals surface area contributed by atoms with Crippen LogP contribution in [0, 0.1) is 0 Å². The van der Waals surface area contributed by atoms with Crippen molar-refractivity contribution >= 4 is 28.9 Å². The summed E-state index contributed by atoms with van der Waals surface area (Å²) in [6.45, 7) is 2.67. The van der Waals surface area contributed by atoms with E-state index in [1.165, 1.54) is 0 Å². The first-order valence-corrected chi connectivity index (χ1v) is 6.35. The summed E-state index contributed by atoms with van der Waals surface area (Å²) in [5.41, 5.74) is 7.50. The highest BCUT2D eigenvalue weighted by Gasteiger charge is 2.18. The Bertz CT molecular complexity index is 545. The zero-order chi connectivity index (χ0) is 14.7. The summed E-state index contributed by atoms with van der Waals surface area (Å²) in [7, 11) is 1.73. The summed E-state index contributed by atoms with van der Waals surface area (Å²) < 4.78 is 5.26. The lowest BCUT2D eigenvalue weighted by Crippen LogP contribution is -2.32. The molecule has 0 saturated heterocycles. The molecule has 0 aromatic heterocycles. The van der Waals surface area contributed by atoms with Crippen LogP contribution in [0.4, 0.5) is 17.1 Å². The molecule has 0 fully saturated rings. The Labute approximate surface area is 117 Å². The van der Waals surface area contributed by atoms with Gasteiger partial charge >= 0.3 is 0 Å². The molecule has 1 aliphatic heterocycles.